The monoisotopic (exact) mass is 503 g/mol. The molecule has 12 heteroatoms. The number of carbonyl (C=O) groups excluding carboxylic acids is 1. The molecule has 5 N–H and O–H groups in total. The fourth-order valence-corrected chi connectivity index (χ4v) is 3.26. The Kier molecular flexibility index (Phi) is 8.68. The predicted molar refractivity (Wildman–Crippen MR) is 129 cm³/mol. The third-order valence-corrected chi connectivity index (χ3v) is 4.99. The molecule has 0 spiro atoms. The Labute approximate surface area is 204 Å². The molecular weight excluding hydrogens is 479 g/mol. The van der Waals surface area contributed by atoms with Gasteiger partial charge in [-0.25, -0.2) is 9.78 Å². The maximum Gasteiger partial charge on any atom is 0.490 e. The molecule has 2 aromatic carbocycles. The number of ether oxygens (including phenoxy) is 1. The van der Waals surface area contributed by atoms with Crippen molar-refractivity contribution in [2.24, 2.45) is 5.73 Å². The number of para-hydroxylation sites is 1. The third-order valence-electron chi connectivity index (χ3n) is 4.99. The van der Waals surface area contributed by atoms with Gasteiger partial charge in [-0.15, -0.1) is 0 Å². The van der Waals surface area contributed by atoms with Gasteiger partial charge in [-0.05, 0) is 42.5 Å². The highest BCUT2D eigenvalue weighted by Crippen LogP contribution is 2.25. The second-order valence-electron chi connectivity index (χ2n) is 7.54. The van der Waals surface area contributed by atoms with E-state index in [0.29, 0.717) is 17.1 Å². The number of carbonyl (C=O) groups is 2. The van der Waals surface area contributed by atoms with Crippen LogP contribution in [0.1, 0.15) is 10.4 Å². The van der Waals surface area contributed by atoms with Crippen molar-refractivity contribution in [2.45, 2.75) is 6.18 Å². The van der Waals surface area contributed by atoms with Crippen molar-refractivity contribution in [3.63, 3.8) is 0 Å². The fraction of sp³-hybridized carbons (Fsp3) is 0.208. The summed E-state index contributed by atoms with van der Waals surface area (Å²) < 4.78 is 37.1. The lowest BCUT2D eigenvalue weighted by atomic mass is 10.1. The number of nitrogens with zero attached hydrogens (tertiary/aromatic N) is 2. The number of alkyl halides is 3. The predicted octanol–water partition coefficient (Wildman–Crippen LogP) is 4.14. The number of aliphatic carboxylic acids is 1. The molecule has 1 fully saturated rings. The molecule has 0 aliphatic carbocycles. The van der Waals surface area contributed by atoms with Crippen LogP contribution >= 0.6 is 0 Å². The number of nitrogens with two attached hydrogens (primary N) is 1. The molecule has 190 valence electrons. The number of amides is 1. The first-order valence-electron chi connectivity index (χ1n) is 10.8. The van der Waals surface area contributed by atoms with Gasteiger partial charge in [0.15, 0.2) is 0 Å². The number of anilines is 5. The summed E-state index contributed by atoms with van der Waals surface area (Å²) in [5, 5.41) is 13.7. The number of hydrogen-bond acceptors (Lipinski definition) is 7. The standard InChI is InChI=1S/C22H23N5O2.C2HF3O2/c23-22(28)19-3-1-2-4-20(19)25-17-9-10-24-21(15-17)26-16-5-7-18(8-6-16)27-11-13-29-14-12-27;3-2(4,5)1(6)7/h1-10,15H,11-14H2,(H2,23,28)(H2,24,25,26);(H,6,7). The van der Waals surface area contributed by atoms with Crippen molar-refractivity contribution >= 4 is 40.4 Å². The minimum atomic E-state index is -5.08. The van der Waals surface area contributed by atoms with Crippen molar-refractivity contribution in [3.8, 4) is 0 Å². The summed E-state index contributed by atoms with van der Waals surface area (Å²) in [6, 6.07) is 19.1. The van der Waals surface area contributed by atoms with Gasteiger partial charge in [0.25, 0.3) is 5.91 Å². The van der Waals surface area contributed by atoms with Gasteiger partial charge < -0.3 is 31.1 Å². The lowest BCUT2D eigenvalue weighted by molar-refractivity contribution is -0.192. The van der Waals surface area contributed by atoms with Crippen LogP contribution < -0.4 is 21.3 Å². The van der Waals surface area contributed by atoms with Crippen LogP contribution in [0.2, 0.25) is 0 Å². The van der Waals surface area contributed by atoms with Crippen LogP contribution in [0.25, 0.3) is 0 Å². The number of nitrogens with one attached hydrogen (secondary N) is 2. The Morgan fingerprint density at radius 3 is 2.22 bits per heavy atom. The van der Waals surface area contributed by atoms with Gasteiger partial charge in [-0.3, -0.25) is 4.79 Å². The van der Waals surface area contributed by atoms with Crippen LogP contribution in [0, 0.1) is 0 Å². The number of halogens is 3. The molecule has 2 heterocycles. The summed E-state index contributed by atoms with van der Waals surface area (Å²) in [5.74, 6) is -2.53. The highest BCUT2D eigenvalue weighted by Gasteiger charge is 2.38. The number of carboxylic acid groups (broad SMARTS) is 1. The van der Waals surface area contributed by atoms with Crippen LogP contribution in [0.5, 0.6) is 0 Å². The highest BCUT2D eigenvalue weighted by molar-refractivity contribution is 5.99. The number of hydrogen-bond donors (Lipinski definition) is 4. The van der Waals surface area contributed by atoms with Crippen molar-refractivity contribution in [3.05, 3.63) is 72.4 Å². The summed E-state index contributed by atoms with van der Waals surface area (Å²) >= 11 is 0. The first kappa shape index (κ1) is 26.3. The Hall–Kier alpha value is -4.32. The lowest BCUT2D eigenvalue weighted by Crippen LogP contribution is -2.36. The maximum absolute atomic E-state index is 11.6. The molecule has 36 heavy (non-hydrogen) atoms. The molecule has 9 nitrogen and oxygen atoms in total. The zero-order chi connectivity index (χ0) is 26.1. The Bertz CT molecular complexity index is 1180. The van der Waals surface area contributed by atoms with Gasteiger partial charge in [0.1, 0.15) is 5.82 Å². The zero-order valence-electron chi connectivity index (χ0n) is 19.0. The van der Waals surface area contributed by atoms with Gasteiger partial charge in [0.2, 0.25) is 0 Å². The summed E-state index contributed by atoms with van der Waals surface area (Å²) in [7, 11) is 0. The molecule has 0 radical (unpaired) electrons. The molecule has 3 aromatic rings. The maximum atomic E-state index is 11.6. The summed E-state index contributed by atoms with van der Waals surface area (Å²) in [5.41, 5.74) is 9.49. The Morgan fingerprint density at radius 2 is 1.61 bits per heavy atom. The Morgan fingerprint density at radius 1 is 0.972 bits per heavy atom. The molecule has 1 amide bonds. The number of aromatic nitrogens is 1. The SMILES string of the molecule is NC(=O)c1ccccc1Nc1ccnc(Nc2ccc(N3CCOCC3)cc2)c1.O=C(O)C(F)(F)F. The van der Waals surface area contributed by atoms with E-state index in [0.717, 1.165) is 37.7 Å². The van der Waals surface area contributed by atoms with Crippen molar-refractivity contribution in [2.75, 3.05) is 41.8 Å². The number of pyridine rings is 1. The van der Waals surface area contributed by atoms with Gasteiger partial charge in [0, 0.05) is 42.4 Å². The van der Waals surface area contributed by atoms with E-state index in [1.807, 2.05) is 36.4 Å². The Balaban J connectivity index is 0.000000454. The molecule has 4 rings (SSSR count). The van der Waals surface area contributed by atoms with E-state index in [9.17, 15) is 18.0 Å². The molecule has 1 aromatic heterocycles. The number of primary amides is 1. The van der Waals surface area contributed by atoms with Crippen LogP contribution in [-0.2, 0) is 9.53 Å². The number of benzene rings is 2. The molecule has 0 atom stereocenters. The summed E-state index contributed by atoms with van der Waals surface area (Å²) in [6.45, 7) is 3.36. The molecule has 0 bridgehead atoms. The first-order valence-corrected chi connectivity index (χ1v) is 10.8. The average Bonchev–Trinajstić information content (AvgIpc) is 2.85. The van der Waals surface area contributed by atoms with E-state index in [1.54, 1.807) is 18.3 Å². The van der Waals surface area contributed by atoms with E-state index in [1.165, 1.54) is 5.69 Å². The first-order chi connectivity index (χ1) is 17.1. The van der Waals surface area contributed by atoms with Gasteiger partial charge in [-0.1, -0.05) is 12.1 Å². The minimum Gasteiger partial charge on any atom is -0.475 e. The van der Waals surface area contributed by atoms with E-state index < -0.39 is 18.1 Å². The topological polar surface area (TPSA) is 130 Å². The van der Waals surface area contributed by atoms with Crippen LogP contribution in [0.3, 0.4) is 0 Å². The fourth-order valence-electron chi connectivity index (χ4n) is 3.26. The third kappa shape index (κ3) is 7.60. The van der Waals surface area contributed by atoms with Gasteiger partial charge in [0.05, 0.1) is 24.5 Å². The highest BCUT2D eigenvalue weighted by atomic mass is 19.4. The average molecular weight is 503 g/mol. The van der Waals surface area contributed by atoms with E-state index >= 15 is 0 Å². The van der Waals surface area contributed by atoms with Crippen LogP contribution in [0.15, 0.2) is 66.9 Å². The molecule has 1 aliphatic rings. The number of rotatable bonds is 6. The van der Waals surface area contributed by atoms with Gasteiger partial charge >= 0.3 is 12.1 Å². The number of carboxylic acids is 1. The van der Waals surface area contributed by atoms with E-state index in [-0.39, 0.29) is 0 Å². The largest absolute Gasteiger partial charge is 0.490 e. The summed E-state index contributed by atoms with van der Waals surface area (Å²) in [4.78, 5) is 27.2. The minimum absolute atomic E-state index is 0.442. The lowest BCUT2D eigenvalue weighted by Gasteiger charge is -2.28. The molecule has 1 aliphatic heterocycles. The van der Waals surface area contributed by atoms with Gasteiger partial charge in [-0.2, -0.15) is 13.2 Å². The molecular formula is C24H24F3N5O4. The van der Waals surface area contributed by atoms with Crippen LogP contribution in [0.4, 0.5) is 41.7 Å². The molecule has 0 unspecified atom stereocenters. The van der Waals surface area contributed by atoms with Crippen molar-refractivity contribution in [1.29, 1.82) is 0 Å². The second kappa shape index (κ2) is 11.9. The molecule has 1 saturated heterocycles. The smallest absolute Gasteiger partial charge is 0.475 e. The number of morpholine rings is 1. The normalized spacial score (nSPS) is 13.2. The van der Waals surface area contributed by atoms with Crippen LogP contribution in [-0.4, -0.2) is 54.4 Å². The van der Waals surface area contributed by atoms with E-state index in [4.69, 9.17) is 20.4 Å². The molecule has 0 saturated carbocycles. The summed E-state index contributed by atoms with van der Waals surface area (Å²) in [6.07, 6.45) is -3.38. The quantitative estimate of drug-likeness (QED) is 0.395. The van der Waals surface area contributed by atoms with E-state index in [2.05, 4.69) is 32.7 Å². The zero-order valence-corrected chi connectivity index (χ0v) is 19.0. The van der Waals surface area contributed by atoms with Crippen molar-refractivity contribution < 1.29 is 32.6 Å². The van der Waals surface area contributed by atoms with Crippen molar-refractivity contribution in [1.82, 2.24) is 4.98 Å². The second-order valence-corrected chi connectivity index (χ2v) is 7.54.